The van der Waals surface area contributed by atoms with Gasteiger partial charge in [0.15, 0.2) is 0 Å². The van der Waals surface area contributed by atoms with Crippen molar-refractivity contribution in [2.45, 2.75) is 65.0 Å². The van der Waals surface area contributed by atoms with E-state index in [4.69, 9.17) is 10.5 Å². The molecule has 0 aliphatic heterocycles. The van der Waals surface area contributed by atoms with Crippen LogP contribution in [0.4, 0.5) is 4.79 Å². The summed E-state index contributed by atoms with van der Waals surface area (Å²) in [7, 11) is 0. The van der Waals surface area contributed by atoms with Crippen molar-refractivity contribution in [3.63, 3.8) is 0 Å². The molecule has 0 bridgehead atoms. The molecule has 2 rings (SSSR count). The number of nitrogens with two attached hydrogens (primary N) is 1. The molecule has 0 spiro atoms. The van der Waals surface area contributed by atoms with E-state index in [2.05, 4.69) is 17.4 Å². The Balaban J connectivity index is 2.13. The van der Waals surface area contributed by atoms with E-state index < -0.39 is 17.6 Å². The van der Waals surface area contributed by atoms with Gasteiger partial charge in [-0.1, -0.05) is 18.2 Å². The van der Waals surface area contributed by atoms with Crippen LogP contribution < -0.4 is 11.1 Å². The number of amides is 2. The minimum absolute atomic E-state index is 0.133. The van der Waals surface area contributed by atoms with Crippen molar-refractivity contribution in [3.8, 4) is 6.07 Å². The van der Waals surface area contributed by atoms with Crippen molar-refractivity contribution in [2.24, 2.45) is 5.73 Å². The van der Waals surface area contributed by atoms with Crippen LogP contribution in [0.25, 0.3) is 0 Å². The topological polar surface area (TPSA) is 108 Å². The maximum Gasteiger partial charge on any atom is 0.414 e. The minimum Gasteiger partial charge on any atom is -0.443 e. The van der Waals surface area contributed by atoms with Crippen molar-refractivity contribution in [1.29, 1.82) is 5.26 Å². The number of nitriles is 1. The van der Waals surface area contributed by atoms with Crippen LogP contribution >= 0.6 is 0 Å². The molecule has 1 aliphatic carbocycles. The predicted octanol–water partition coefficient (Wildman–Crippen LogP) is 3.35. The van der Waals surface area contributed by atoms with Gasteiger partial charge in [0.2, 0.25) is 0 Å². The highest BCUT2D eigenvalue weighted by Gasteiger charge is 2.23. The van der Waals surface area contributed by atoms with Gasteiger partial charge in [0.25, 0.3) is 5.91 Å². The second-order valence-corrected chi connectivity index (χ2v) is 8.55. The number of nitrogens with zero attached hydrogens (tertiary/aromatic N) is 2. The molecule has 7 nitrogen and oxygen atoms in total. The van der Waals surface area contributed by atoms with Gasteiger partial charge < -0.3 is 15.8 Å². The monoisotopic (exact) mass is 412 g/mol. The lowest BCUT2D eigenvalue weighted by Crippen LogP contribution is -2.37. The average molecular weight is 413 g/mol. The Morgan fingerprint density at radius 1 is 1.30 bits per heavy atom. The van der Waals surface area contributed by atoms with E-state index >= 15 is 0 Å². The van der Waals surface area contributed by atoms with Crippen molar-refractivity contribution in [1.82, 2.24) is 10.2 Å². The number of hydrogen-bond acceptors (Lipinski definition) is 5. The van der Waals surface area contributed by atoms with Gasteiger partial charge in [-0.15, -0.1) is 0 Å². The number of ether oxygens (including phenoxy) is 1. The summed E-state index contributed by atoms with van der Waals surface area (Å²) in [5, 5.41) is 12.3. The minimum atomic E-state index is -0.701. The first kappa shape index (κ1) is 23.4. The Kier molecular flexibility index (Phi) is 8.01. The van der Waals surface area contributed by atoms with Crippen LogP contribution in [-0.4, -0.2) is 35.6 Å². The van der Waals surface area contributed by atoms with Gasteiger partial charge in [-0.25, -0.2) is 4.79 Å². The van der Waals surface area contributed by atoms with Crippen LogP contribution in [0.2, 0.25) is 0 Å². The number of fused-ring (bicyclic) bond motifs is 1. The quantitative estimate of drug-likeness (QED) is 0.550. The van der Waals surface area contributed by atoms with Gasteiger partial charge in [0.05, 0.1) is 6.04 Å². The van der Waals surface area contributed by atoms with Crippen molar-refractivity contribution < 1.29 is 14.3 Å². The summed E-state index contributed by atoms with van der Waals surface area (Å²) in [5.41, 5.74) is 8.39. The highest BCUT2D eigenvalue weighted by molar-refractivity contribution is 5.97. The van der Waals surface area contributed by atoms with Crippen LogP contribution in [0.1, 0.15) is 63.3 Å². The zero-order chi connectivity index (χ0) is 22.3. The van der Waals surface area contributed by atoms with E-state index in [-0.39, 0.29) is 24.7 Å². The number of nitrogens with one attached hydrogen (secondary N) is 1. The summed E-state index contributed by atoms with van der Waals surface area (Å²) in [6.07, 6.45) is 5.09. The first-order valence-electron chi connectivity index (χ1n) is 10.4. The van der Waals surface area contributed by atoms with E-state index in [9.17, 15) is 14.9 Å². The summed E-state index contributed by atoms with van der Waals surface area (Å²) in [6, 6.07) is 7.88. The Hall–Kier alpha value is -2.85. The number of benzene rings is 1. The number of rotatable bonds is 6. The summed E-state index contributed by atoms with van der Waals surface area (Å²) in [6.45, 7) is 7.41. The van der Waals surface area contributed by atoms with Crippen LogP contribution in [0.15, 0.2) is 30.0 Å². The first-order valence-corrected chi connectivity index (χ1v) is 10.4. The van der Waals surface area contributed by atoms with Crippen molar-refractivity contribution >= 4 is 12.0 Å². The molecular weight excluding hydrogens is 380 g/mol. The maximum absolute atomic E-state index is 12.7. The van der Waals surface area contributed by atoms with Gasteiger partial charge in [0.1, 0.15) is 17.2 Å². The van der Waals surface area contributed by atoms with E-state index in [1.807, 2.05) is 19.1 Å². The number of aryl methyl sites for hydroxylation is 2. The molecular formula is C23H32N4O3. The fraction of sp³-hybridized carbons (Fsp3) is 0.522. The standard InChI is InChI=1S/C23H32N4O3/c1-16(18-10-9-17-7-5-6-8-19(17)13-18)26-21(28)20(14-25)15-27(12-11-24)22(29)30-23(2,3)4/h9-10,13,15-16H,5-8,11-12,24H2,1-4H3,(H,26,28)/b20-15-. The molecule has 2 amide bonds. The van der Waals surface area contributed by atoms with Gasteiger partial charge in [-0.2, -0.15) is 5.26 Å². The molecule has 1 atom stereocenters. The summed E-state index contributed by atoms with van der Waals surface area (Å²) in [5.74, 6) is -0.548. The predicted molar refractivity (Wildman–Crippen MR) is 115 cm³/mol. The van der Waals surface area contributed by atoms with E-state index in [1.165, 1.54) is 30.2 Å². The third-order valence-corrected chi connectivity index (χ3v) is 4.87. The zero-order valence-corrected chi connectivity index (χ0v) is 18.3. The van der Waals surface area contributed by atoms with E-state index in [0.29, 0.717) is 0 Å². The molecule has 0 saturated carbocycles. The normalized spacial score (nSPS) is 14.9. The highest BCUT2D eigenvalue weighted by atomic mass is 16.6. The third kappa shape index (κ3) is 6.60. The Morgan fingerprint density at radius 3 is 2.57 bits per heavy atom. The van der Waals surface area contributed by atoms with E-state index in [1.54, 1.807) is 20.8 Å². The first-order chi connectivity index (χ1) is 14.1. The highest BCUT2D eigenvalue weighted by Crippen LogP contribution is 2.25. The average Bonchev–Trinajstić information content (AvgIpc) is 2.69. The second-order valence-electron chi connectivity index (χ2n) is 8.55. The molecule has 0 fully saturated rings. The van der Waals surface area contributed by atoms with Gasteiger partial charge in [-0.3, -0.25) is 9.69 Å². The molecule has 0 saturated heterocycles. The molecule has 1 aliphatic rings. The summed E-state index contributed by atoms with van der Waals surface area (Å²) < 4.78 is 5.33. The molecule has 1 unspecified atom stereocenters. The van der Waals surface area contributed by atoms with Gasteiger partial charge >= 0.3 is 6.09 Å². The van der Waals surface area contributed by atoms with Crippen LogP contribution in [0.5, 0.6) is 0 Å². The Labute approximate surface area is 178 Å². The number of carbonyl (C=O) groups is 2. The summed E-state index contributed by atoms with van der Waals surface area (Å²) in [4.78, 5) is 26.2. The second kappa shape index (κ2) is 10.3. The number of carbonyl (C=O) groups excluding carboxylic acids is 2. The maximum atomic E-state index is 12.7. The summed E-state index contributed by atoms with van der Waals surface area (Å²) >= 11 is 0. The molecule has 0 heterocycles. The number of hydrogen-bond donors (Lipinski definition) is 2. The SMILES string of the molecule is CC(NC(=O)/C(C#N)=C\N(CCN)C(=O)OC(C)(C)C)c1ccc2c(c1)CCCC2. The Morgan fingerprint density at radius 2 is 1.97 bits per heavy atom. The molecule has 3 N–H and O–H groups in total. The lowest BCUT2D eigenvalue weighted by atomic mass is 9.89. The molecule has 0 radical (unpaired) electrons. The molecule has 30 heavy (non-hydrogen) atoms. The molecule has 1 aromatic carbocycles. The van der Waals surface area contributed by atoms with Crippen LogP contribution in [0, 0.1) is 11.3 Å². The van der Waals surface area contributed by atoms with Crippen molar-refractivity contribution in [2.75, 3.05) is 13.1 Å². The third-order valence-electron chi connectivity index (χ3n) is 4.87. The van der Waals surface area contributed by atoms with Gasteiger partial charge in [-0.05, 0) is 70.1 Å². The smallest absolute Gasteiger partial charge is 0.414 e. The van der Waals surface area contributed by atoms with Crippen molar-refractivity contribution in [3.05, 3.63) is 46.7 Å². The molecule has 0 aromatic heterocycles. The van der Waals surface area contributed by atoms with Crippen LogP contribution in [-0.2, 0) is 22.4 Å². The zero-order valence-electron chi connectivity index (χ0n) is 18.3. The lowest BCUT2D eigenvalue weighted by Gasteiger charge is -2.25. The molecule has 7 heteroatoms. The Bertz CT molecular complexity index is 849. The largest absolute Gasteiger partial charge is 0.443 e. The lowest BCUT2D eigenvalue weighted by molar-refractivity contribution is -0.117. The fourth-order valence-electron chi connectivity index (χ4n) is 3.34. The molecule has 162 valence electrons. The van der Waals surface area contributed by atoms with Crippen LogP contribution in [0.3, 0.4) is 0 Å². The molecule has 1 aromatic rings. The van der Waals surface area contributed by atoms with E-state index in [0.717, 1.165) is 23.3 Å². The fourth-order valence-corrected chi connectivity index (χ4v) is 3.34. The van der Waals surface area contributed by atoms with Gasteiger partial charge in [0, 0.05) is 19.3 Å².